The summed E-state index contributed by atoms with van der Waals surface area (Å²) in [6, 6.07) is 3.02. The lowest BCUT2D eigenvalue weighted by Gasteiger charge is -1.98. The normalized spacial score (nSPS) is 10.0. The number of hydrogen-bond donors (Lipinski definition) is 0. The Morgan fingerprint density at radius 1 is 1.38 bits per heavy atom. The Labute approximate surface area is 73.1 Å². The molecule has 0 bridgehead atoms. The van der Waals surface area contributed by atoms with Crippen molar-refractivity contribution in [2.75, 3.05) is 6.54 Å². The van der Waals surface area contributed by atoms with Crippen LogP contribution in [0.1, 0.15) is 5.56 Å². The van der Waals surface area contributed by atoms with Gasteiger partial charge in [-0.3, -0.25) is 10.1 Å². The first kappa shape index (κ1) is 9.57. The van der Waals surface area contributed by atoms with Crippen molar-refractivity contribution >= 4 is 0 Å². The van der Waals surface area contributed by atoms with Crippen LogP contribution in [0.4, 0.5) is 8.78 Å². The molecule has 0 aliphatic carbocycles. The first-order valence-corrected chi connectivity index (χ1v) is 3.65. The van der Waals surface area contributed by atoms with E-state index in [0.29, 0.717) is 0 Å². The Morgan fingerprint density at radius 2 is 2.08 bits per heavy atom. The zero-order valence-electron chi connectivity index (χ0n) is 6.67. The Hall–Kier alpha value is -1.52. The maximum atomic E-state index is 12.8. The van der Waals surface area contributed by atoms with E-state index >= 15 is 0 Å². The lowest BCUT2D eigenvalue weighted by molar-refractivity contribution is -0.479. The van der Waals surface area contributed by atoms with Crippen molar-refractivity contribution < 1.29 is 13.7 Å². The number of nitrogens with zero attached hydrogens (tertiary/aromatic N) is 1. The summed E-state index contributed by atoms with van der Waals surface area (Å²) in [5, 5.41) is 9.96. The molecule has 3 nitrogen and oxygen atoms in total. The maximum absolute atomic E-state index is 12.8. The standard InChI is InChI=1S/C8H7F2NO2/c9-7-2-1-6(8(10)5-7)3-4-11(12)13/h1-2,5H,3-4H2. The highest BCUT2D eigenvalue weighted by atomic mass is 19.1. The quantitative estimate of drug-likeness (QED) is 0.534. The fourth-order valence-electron chi connectivity index (χ4n) is 0.936. The summed E-state index contributed by atoms with van der Waals surface area (Å²) in [5.74, 6) is -1.41. The lowest BCUT2D eigenvalue weighted by Crippen LogP contribution is -2.05. The molecule has 0 atom stereocenters. The zero-order chi connectivity index (χ0) is 9.84. The van der Waals surface area contributed by atoms with E-state index in [9.17, 15) is 18.9 Å². The van der Waals surface area contributed by atoms with E-state index < -0.39 is 16.6 Å². The van der Waals surface area contributed by atoms with Gasteiger partial charge in [0.1, 0.15) is 11.6 Å². The molecule has 0 radical (unpaired) electrons. The topological polar surface area (TPSA) is 43.1 Å². The molecule has 0 heterocycles. The monoisotopic (exact) mass is 187 g/mol. The number of benzene rings is 1. The van der Waals surface area contributed by atoms with E-state index in [4.69, 9.17) is 0 Å². The third-order valence-corrected chi connectivity index (χ3v) is 1.58. The highest BCUT2D eigenvalue weighted by molar-refractivity contribution is 5.18. The molecule has 13 heavy (non-hydrogen) atoms. The average molecular weight is 187 g/mol. The Bertz CT molecular complexity index is 328. The summed E-state index contributed by atoms with van der Waals surface area (Å²) in [5.41, 5.74) is 0.165. The third-order valence-electron chi connectivity index (χ3n) is 1.58. The molecular formula is C8H7F2NO2. The summed E-state index contributed by atoms with van der Waals surface area (Å²) in [6.45, 7) is -0.345. The van der Waals surface area contributed by atoms with Gasteiger partial charge in [-0.2, -0.15) is 0 Å². The molecular weight excluding hydrogens is 180 g/mol. The Morgan fingerprint density at radius 3 is 2.62 bits per heavy atom. The van der Waals surface area contributed by atoms with Crippen LogP contribution in [-0.4, -0.2) is 11.5 Å². The van der Waals surface area contributed by atoms with Gasteiger partial charge in [-0.25, -0.2) is 8.78 Å². The fourth-order valence-corrected chi connectivity index (χ4v) is 0.936. The molecule has 1 aromatic rings. The van der Waals surface area contributed by atoms with Crippen LogP contribution in [0.15, 0.2) is 18.2 Å². The first-order chi connectivity index (χ1) is 6.09. The van der Waals surface area contributed by atoms with Crippen molar-refractivity contribution in [3.63, 3.8) is 0 Å². The molecule has 0 aliphatic heterocycles. The van der Waals surface area contributed by atoms with Crippen LogP contribution in [0.5, 0.6) is 0 Å². The number of hydrogen-bond acceptors (Lipinski definition) is 2. The summed E-state index contributed by atoms with van der Waals surface area (Å²) >= 11 is 0. The predicted octanol–water partition coefficient (Wildman–Crippen LogP) is 1.78. The van der Waals surface area contributed by atoms with Crippen molar-refractivity contribution in [3.8, 4) is 0 Å². The van der Waals surface area contributed by atoms with E-state index in [2.05, 4.69) is 0 Å². The summed E-state index contributed by atoms with van der Waals surface area (Å²) in [4.78, 5) is 9.42. The predicted molar refractivity (Wildman–Crippen MR) is 41.9 cm³/mol. The average Bonchev–Trinajstić information content (AvgIpc) is 2.02. The second-order valence-electron chi connectivity index (χ2n) is 2.54. The zero-order valence-corrected chi connectivity index (χ0v) is 6.67. The fraction of sp³-hybridized carbons (Fsp3) is 0.250. The van der Waals surface area contributed by atoms with Crippen LogP contribution >= 0.6 is 0 Å². The molecule has 1 rings (SSSR count). The smallest absolute Gasteiger partial charge is 0.208 e. The Kier molecular flexibility index (Phi) is 2.89. The molecule has 0 amide bonds. The van der Waals surface area contributed by atoms with Crippen molar-refractivity contribution in [1.82, 2.24) is 0 Å². The molecule has 0 spiro atoms. The maximum Gasteiger partial charge on any atom is 0.208 e. The highest BCUT2D eigenvalue weighted by Crippen LogP contribution is 2.09. The van der Waals surface area contributed by atoms with Gasteiger partial charge in [-0.05, 0) is 11.6 Å². The molecule has 0 unspecified atom stereocenters. The van der Waals surface area contributed by atoms with Crippen LogP contribution < -0.4 is 0 Å². The highest BCUT2D eigenvalue weighted by Gasteiger charge is 2.06. The SMILES string of the molecule is O=[N+]([O-])CCc1ccc(F)cc1F. The van der Waals surface area contributed by atoms with Crippen LogP contribution in [0.3, 0.4) is 0 Å². The number of nitro groups is 1. The molecule has 0 aliphatic rings. The van der Waals surface area contributed by atoms with Crippen LogP contribution in [0.2, 0.25) is 0 Å². The molecule has 0 saturated carbocycles. The van der Waals surface area contributed by atoms with E-state index in [-0.39, 0.29) is 18.5 Å². The van der Waals surface area contributed by atoms with Gasteiger partial charge in [0.15, 0.2) is 0 Å². The number of rotatable bonds is 3. The largest absolute Gasteiger partial charge is 0.265 e. The van der Waals surface area contributed by atoms with Crippen LogP contribution in [0, 0.1) is 21.7 Å². The molecule has 0 fully saturated rings. The van der Waals surface area contributed by atoms with E-state index in [1.165, 1.54) is 6.07 Å². The van der Waals surface area contributed by atoms with Gasteiger partial charge in [0.2, 0.25) is 6.54 Å². The van der Waals surface area contributed by atoms with Gasteiger partial charge in [-0.1, -0.05) is 6.07 Å². The molecule has 1 aromatic carbocycles. The first-order valence-electron chi connectivity index (χ1n) is 3.65. The van der Waals surface area contributed by atoms with Gasteiger partial charge in [-0.15, -0.1) is 0 Å². The number of halogens is 2. The van der Waals surface area contributed by atoms with Crippen molar-refractivity contribution in [2.45, 2.75) is 6.42 Å². The summed E-state index contributed by atoms with van der Waals surface area (Å²) in [6.07, 6.45) is -0.0148. The lowest BCUT2D eigenvalue weighted by atomic mass is 10.1. The van der Waals surface area contributed by atoms with Gasteiger partial charge in [0.25, 0.3) is 0 Å². The van der Waals surface area contributed by atoms with Gasteiger partial charge < -0.3 is 0 Å². The molecule has 0 saturated heterocycles. The van der Waals surface area contributed by atoms with Crippen molar-refractivity contribution in [1.29, 1.82) is 0 Å². The van der Waals surface area contributed by atoms with Crippen LogP contribution in [0.25, 0.3) is 0 Å². The second-order valence-corrected chi connectivity index (χ2v) is 2.54. The third kappa shape index (κ3) is 2.77. The second kappa shape index (κ2) is 3.93. The van der Waals surface area contributed by atoms with Gasteiger partial charge in [0.05, 0.1) is 0 Å². The minimum absolute atomic E-state index is 0.0148. The van der Waals surface area contributed by atoms with E-state index in [1.54, 1.807) is 0 Å². The van der Waals surface area contributed by atoms with E-state index in [0.717, 1.165) is 12.1 Å². The minimum atomic E-state index is -0.734. The van der Waals surface area contributed by atoms with Gasteiger partial charge >= 0.3 is 0 Å². The summed E-state index contributed by atoms with van der Waals surface area (Å²) < 4.78 is 25.2. The van der Waals surface area contributed by atoms with Crippen molar-refractivity contribution in [3.05, 3.63) is 45.5 Å². The Balaban J connectivity index is 2.72. The van der Waals surface area contributed by atoms with Crippen LogP contribution in [-0.2, 0) is 6.42 Å². The molecule has 0 N–H and O–H groups in total. The van der Waals surface area contributed by atoms with Gasteiger partial charge in [0, 0.05) is 17.4 Å². The minimum Gasteiger partial charge on any atom is -0.265 e. The van der Waals surface area contributed by atoms with E-state index in [1.807, 2.05) is 0 Å². The summed E-state index contributed by atoms with van der Waals surface area (Å²) in [7, 11) is 0. The molecule has 5 heteroatoms. The molecule has 0 aromatic heterocycles. The van der Waals surface area contributed by atoms with Crippen molar-refractivity contribution in [2.24, 2.45) is 0 Å². The molecule has 70 valence electrons.